The van der Waals surface area contributed by atoms with Crippen LogP contribution in [0.1, 0.15) is 31.7 Å². The molecule has 0 saturated carbocycles. The predicted molar refractivity (Wildman–Crippen MR) is 71.3 cm³/mol. The highest BCUT2D eigenvalue weighted by Gasteiger charge is 2.20. The lowest BCUT2D eigenvalue weighted by Crippen LogP contribution is -2.34. The van der Waals surface area contributed by atoms with Crippen molar-refractivity contribution in [1.29, 1.82) is 0 Å². The second kappa shape index (κ2) is 5.14. The smallest absolute Gasteiger partial charge is 0.112 e. The highest BCUT2D eigenvalue weighted by Crippen LogP contribution is 2.22. The number of nitrogens with one attached hydrogen (secondary N) is 1. The molecule has 3 rings (SSSR count). The van der Waals surface area contributed by atoms with Crippen LogP contribution in [0.15, 0.2) is 24.9 Å². The summed E-state index contributed by atoms with van der Waals surface area (Å²) in [6.45, 7) is 6.70. The third-order valence-electron chi connectivity index (χ3n) is 3.32. The Kier molecular flexibility index (Phi) is 3.35. The van der Waals surface area contributed by atoms with Gasteiger partial charge in [0.2, 0.25) is 0 Å². The first-order valence-electron chi connectivity index (χ1n) is 6.65. The van der Waals surface area contributed by atoms with E-state index < -0.39 is 0 Å². The molecule has 6 nitrogen and oxygen atoms in total. The van der Waals surface area contributed by atoms with Crippen LogP contribution < -0.4 is 5.32 Å². The van der Waals surface area contributed by atoms with Gasteiger partial charge in [-0.25, -0.2) is 4.98 Å². The molecule has 19 heavy (non-hydrogen) atoms. The topological polar surface area (TPSA) is 56.9 Å². The molecule has 0 radical (unpaired) electrons. The highest BCUT2D eigenvalue weighted by atomic mass is 16.5. The van der Waals surface area contributed by atoms with E-state index in [0.29, 0.717) is 6.04 Å². The Morgan fingerprint density at radius 1 is 1.42 bits per heavy atom. The van der Waals surface area contributed by atoms with Crippen molar-refractivity contribution in [2.24, 2.45) is 0 Å². The summed E-state index contributed by atoms with van der Waals surface area (Å²) in [4.78, 5) is 4.25. The van der Waals surface area contributed by atoms with E-state index in [1.807, 2.05) is 34.2 Å². The summed E-state index contributed by atoms with van der Waals surface area (Å²) in [5.74, 6) is 0. The summed E-state index contributed by atoms with van der Waals surface area (Å²) in [6, 6.07) is 0.355. The van der Waals surface area contributed by atoms with Crippen molar-refractivity contribution >= 4 is 0 Å². The third-order valence-corrected chi connectivity index (χ3v) is 3.32. The minimum absolute atomic E-state index is 0.0543. The van der Waals surface area contributed by atoms with Crippen molar-refractivity contribution in [3.63, 3.8) is 0 Å². The first-order chi connectivity index (χ1) is 9.25. The molecule has 0 spiro atoms. The molecular formula is C13H19N5O. The Morgan fingerprint density at radius 3 is 3.00 bits per heavy atom. The normalized spacial score (nSPS) is 20.1. The molecule has 0 aliphatic carbocycles. The molecule has 6 heteroatoms. The predicted octanol–water partition coefficient (Wildman–Crippen LogP) is 1.31. The number of hydrogen-bond donors (Lipinski definition) is 1. The lowest BCUT2D eigenvalue weighted by atomic mass is 10.2. The molecule has 1 unspecified atom stereocenters. The Hall–Kier alpha value is -1.66. The Bertz CT molecular complexity index is 539. The molecule has 1 aliphatic rings. The zero-order chi connectivity index (χ0) is 13.2. The van der Waals surface area contributed by atoms with Crippen molar-refractivity contribution in [3.05, 3.63) is 30.6 Å². The number of nitrogens with zero attached hydrogens (tertiary/aromatic N) is 4. The van der Waals surface area contributed by atoms with Gasteiger partial charge >= 0.3 is 0 Å². The van der Waals surface area contributed by atoms with Crippen molar-refractivity contribution in [1.82, 2.24) is 24.6 Å². The van der Waals surface area contributed by atoms with E-state index >= 15 is 0 Å². The maximum atomic E-state index is 5.79. The Balaban J connectivity index is 1.89. The minimum Gasteiger partial charge on any atom is -0.369 e. The molecule has 1 saturated heterocycles. The second-order valence-corrected chi connectivity index (χ2v) is 5.02. The number of imidazole rings is 1. The van der Waals surface area contributed by atoms with Gasteiger partial charge in [0, 0.05) is 25.3 Å². The monoisotopic (exact) mass is 261 g/mol. The Labute approximate surface area is 112 Å². The van der Waals surface area contributed by atoms with Gasteiger partial charge in [0.25, 0.3) is 0 Å². The molecule has 0 aromatic carbocycles. The number of aromatic nitrogens is 4. The molecule has 2 aromatic rings. The van der Waals surface area contributed by atoms with Crippen molar-refractivity contribution in [2.45, 2.75) is 26.0 Å². The van der Waals surface area contributed by atoms with Crippen LogP contribution in [0, 0.1) is 0 Å². The summed E-state index contributed by atoms with van der Waals surface area (Å²) in [5, 5.41) is 7.71. The van der Waals surface area contributed by atoms with Gasteiger partial charge in [0.05, 0.1) is 36.7 Å². The van der Waals surface area contributed by atoms with E-state index in [4.69, 9.17) is 4.74 Å². The standard InChI is InChI=1S/C13H19N5O/c1-10(2)18-8-11(5-16-18)17-9-15-6-12(17)13-7-14-3-4-19-13/h5-6,8-10,13-14H,3-4,7H2,1-2H3. The van der Waals surface area contributed by atoms with Crippen LogP contribution in [-0.4, -0.2) is 39.0 Å². The largest absolute Gasteiger partial charge is 0.369 e. The zero-order valence-electron chi connectivity index (χ0n) is 11.3. The summed E-state index contributed by atoms with van der Waals surface area (Å²) in [6.07, 6.45) is 7.63. The SMILES string of the molecule is CC(C)n1cc(-n2cncc2C2CNCCO2)cn1. The second-order valence-electron chi connectivity index (χ2n) is 5.02. The molecule has 0 bridgehead atoms. The zero-order valence-corrected chi connectivity index (χ0v) is 11.3. The first-order valence-corrected chi connectivity index (χ1v) is 6.65. The third kappa shape index (κ3) is 2.41. The first kappa shape index (κ1) is 12.4. The lowest BCUT2D eigenvalue weighted by molar-refractivity contribution is 0.0240. The van der Waals surface area contributed by atoms with Crippen LogP contribution in [0.2, 0.25) is 0 Å². The lowest BCUT2D eigenvalue weighted by Gasteiger charge is -2.24. The molecule has 2 aromatic heterocycles. The van der Waals surface area contributed by atoms with Gasteiger partial charge in [0.15, 0.2) is 0 Å². The molecule has 1 aliphatic heterocycles. The van der Waals surface area contributed by atoms with E-state index in [9.17, 15) is 0 Å². The fourth-order valence-electron chi connectivity index (χ4n) is 2.25. The average Bonchev–Trinajstić information content (AvgIpc) is 3.08. The van der Waals surface area contributed by atoms with Crippen LogP contribution in [0.25, 0.3) is 5.69 Å². The number of hydrogen-bond acceptors (Lipinski definition) is 4. The molecule has 1 N–H and O–H groups in total. The van der Waals surface area contributed by atoms with Crippen LogP contribution in [0.3, 0.4) is 0 Å². The van der Waals surface area contributed by atoms with Gasteiger partial charge < -0.3 is 10.1 Å². The van der Waals surface area contributed by atoms with Gasteiger partial charge in [-0.3, -0.25) is 9.25 Å². The quantitative estimate of drug-likeness (QED) is 0.905. The summed E-state index contributed by atoms with van der Waals surface area (Å²) >= 11 is 0. The Morgan fingerprint density at radius 2 is 2.32 bits per heavy atom. The maximum Gasteiger partial charge on any atom is 0.112 e. The van der Waals surface area contributed by atoms with Gasteiger partial charge in [-0.15, -0.1) is 0 Å². The summed E-state index contributed by atoms with van der Waals surface area (Å²) in [7, 11) is 0. The molecule has 1 atom stereocenters. The van der Waals surface area contributed by atoms with Gasteiger partial charge in [-0.2, -0.15) is 5.10 Å². The minimum atomic E-state index is 0.0543. The van der Waals surface area contributed by atoms with Crippen LogP contribution in [-0.2, 0) is 4.74 Å². The fraction of sp³-hybridized carbons (Fsp3) is 0.538. The van der Waals surface area contributed by atoms with Crippen molar-refractivity contribution < 1.29 is 4.74 Å². The fourth-order valence-corrected chi connectivity index (χ4v) is 2.25. The van der Waals surface area contributed by atoms with Crippen molar-refractivity contribution in [2.75, 3.05) is 19.7 Å². The van der Waals surface area contributed by atoms with E-state index in [1.165, 1.54) is 0 Å². The number of morpholine rings is 1. The van der Waals surface area contributed by atoms with Crippen LogP contribution in [0.4, 0.5) is 0 Å². The van der Waals surface area contributed by atoms with E-state index in [1.54, 1.807) is 0 Å². The molecule has 1 fully saturated rings. The molecular weight excluding hydrogens is 242 g/mol. The maximum absolute atomic E-state index is 5.79. The highest BCUT2D eigenvalue weighted by molar-refractivity contribution is 5.29. The van der Waals surface area contributed by atoms with Crippen LogP contribution in [0.5, 0.6) is 0 Å². The van der Waals surface area contributed by atoms with Gasteiger partial charge in [0.1, 0.15) is 6.10 Å². The van der Waals surface area contributed by atoms with E-state index in [-0.39, 0.29) is 6.10 Å². The molecule has 0 amide bonds. The van der Waals surface area contributed by atoms with Crippen LogP contribution >= 0.6 is 0 Å². The molecule has 102 valence electrons. The van der Waals surface area contributed by atoms with E-state index in [0.717, 1.165) is 31.1 Å². The number of rotatable bonds is 3. The summed E-state index contributed by atoms with van der Waals surface area (Å²) < 4.78 is 9.78. The molecule has 3 heterocycles. The van der Waals surface area contributed by atoms with Gasteiger partial charge in [-0.05, 0) is 13.8 Å². The van der Waals surface area contributed by atoms with E-state index in [2.05, 4.69) is 29.2 Å². The number of ether oxygens (including phenoxy) is 1. The van der Waals surface area contributed by atoms with Crippen molar-refractivity contribution in [3.8, 4) is 5.69 Å². The van der Waals surface area contributed by atoms with Gasteiger partial charge in [-0.1, -0.05) is 0 Å². The summed E-state index contributed by atoms with van der Waals surface area (Å²) in [5.41, 5.74) is 2.09. The average molecular weight is 261 g/mol.